The second kappa shape index (κ2) is 6.67. The Hall–Kier alpha value is -2.41. The van der Waals surface area contributed by atoms with Crippen LogP contribution in [0.1, 0.15) is 31.0 Å². The number of hydrogen-bond donors (Lipinski definition) is 0. The van der Waals surface area contributed by atoms with Crippen molar-refractivity contribution >= 4 is 0 Å². The molecule has 1 aromatic carbocycles. The highest BCUT2D eigenvalue weighted by atomic mass is 19.1. The Labute approximate surface area is 117 Å². The van der Waals surface area contributed by atoms with Gasteiger partial charge in [-0.25, -0.2) is 14.4 Å². The molecule has 1 atom stereocenters. The van der Waals surface area contributed by atoms with Crippen molar-refractivity contribution < 1.29 is 9.13 Å². The third kappa shape index (κ3) is 3.55. The molecule has 1 heterocycles. The maximum Gasteiger partial charge on any atom is 0.217 e. The van der Waals surface area contributed by atoms with Crippen molar-refractivity contribution in [3.8, 4) is 17.7 Å². The number of benzene rings is 1. The number of nitrogens with zero attached hydrogens (tertiary/aromatic N) is 2. The first-order valence-corrected chi connectivity index (χ1v) is 6.30. The lowest BCUT2D eigenvalue weighted by Gasteiger charge is -2.12. The third-order valence-electron chi connectivity index (χ3n) is 2.92. The second-order valence-electron chi connectivity index (χ2n) is 4.27. The predicted molar refractivity (Wildman–Crippen MR) is 74.9 cm³/mol. The molecule has 0 amide bonds. The SMILES string of the molecule is CC#CCOc1cc(C(C)c2cccc(F)c2)ncn1. The van der Waals surface area contributed by atoms with Gasteiger partial charge in [0.25, 0.3) is 0 Å². The van der Waals surface area contributed by atoms with Gasteiger partial charge in [-0.2, -0.15) is 0 Å². The van der Waals surface area contributed by atoms with Crippen LogP contribution < -0.4 is 4.74 Å². The van der Waals surface area contributed by atoms with Crippen molar-refractivity contribution in [1.82, 2.24) is 9.97 Å². The Bertz CT molecular complexity index is 646. The molecule has 0 saturated heterocycles. The standard InChI is InChI=1S/C16H15FN2O/c1-3-4-8-20-16-10-15(18-11-19-16)12(2)13-6-5-7-14(17)9-13/h5-7,9-12H,8H2,1-2H3. The monoisotopic (exact) mass is 270 g/mol. The molecule has 0 bridgehead atoms. The van der Waals surface area contributed by atoms with Gasteiger partial charge in [0, 0.05) is 12.0 Å². The zero-order valence-corrected chi connectivity index (χ0v) is 11.4. The number of hydrogen-bond acceptors (Lipinski definition) is 3. The molecule has 1 unspecified atom stereocenters. The van der Waals surface area contributed by atoms with Gasteiger partial charge in [0.1, 0.15) is 12.1 Å². The van der Waals surface area contributed by atoms with Crippen LogP contribution in [-0.4, -0.2) is 16.6 Å². The molecule has 0 fully saturated rings. The number of ether oxygens (including phenoxy) is 1. The maximum absolute atomic E-state index is 13.3. The summed E-state index contributed by atoms with van der Waals surface area (Å²) >= 11 is 0. The summed E-state index contributed by atoms with van der Waals surface area (Å²) in [5.74, 6) is 5.74. The zero-order valence-electron chi connectivity index (χ0n) is 11.4. The molecule has 3 nitrogen and oxygen atoms in total. The van der Waals surface area contributed by atoms with Crippen LogP contribution in [0.4, 0.5) is 4.39 Å². The summed E-state index contributed by atoms with van der Waals surface area (Å²) in [6.07, 6.45) is 1.44. The Morgan fingerprint density at radius 3 is 2.90 bits per heavy atom. The lowest BCUT2D eigenvalue weighted by Crippen LogP contribution is -2.03. The minimum Gasteiger partial charge on any atom is -0.464 e. The van der Waals surface area contributed by atoms with Crippen molar-refractivity contribution in [2.75, 3.05) is 6.61 Å². The van der Waals surface area contributed by atoms with Gasteiger partial charge >= 0.3 is 0 Å². The molecule has 2 aromatic rings. The normalized spacial score (nSPS) is 11.3. The van der Waals surface area contributed by atoms with E-state index >= 15 is 0 Å². The largest absolute Gasteiger partial charge is 0.464 e. The van der Waals surface area contributed by atoms with E-state index in [4.69, 9.17) is 4.74 Å². The molecule has 1 aromatic heterocycles. The van der Waals surface area contributed by atoms with Crippen molar-refractivity contribution in [1.29, 1.82) is 0 Å². The van der Waals surface area contributed by atoms with E-state index in [1.165, 1.54) is 18.5 Å². The van der Waals surface area contributed by atoms with E-state index in [0.29, 0.717) is 12.5 Å². The van der Waals surface area contributed by atoms with Crippen molar-refractivity contribution in [2.45, 2.75) is 19.8 Å². The average molecular weight is 270 g/mol. The molecule has 0 aliphatic heterocycles. The van der Waals surface area contributed by atoms with Gasteiger partial charge in [0.05, 0.1) is 5.69 Å². The second-order valence-corrected chi connectivity index (χ2v) is 4.27. The molecular weight excluding hydrogens is 255 g/mol. The molecule has 0 saturated carbocycles. The fourth-order valence-corrected chi connectivity index (χ4v) is 1.80. The van der Waals surface area contributed by atoms with E-state index in [9.17, 15) is 4.39 Å². The third-order valence-corrected chi connectivity index (χ3v) is 2.92. The highest BCUT2D eigenvalue weighted by Crippen LogP contribution is 2.24. The van der Waals surface area contributed by atoms with E-state index in [2.05, 4.69) is 21.8 Å². The molecule has 0 radical (unpaired) electrons. The van der Waals surface area contributed by atoms with E-state index in [1.54, 1.807) is 19.1 Å². The van der Waals surface area contributed by atoms with Crippen LogP contribution in [0.3, 0.4) is 0 Å². The first-order valence-electron chi connectivity index (χ1n) is 6.30. The maximum atomic E-state index is 13.3. The summed E-state index contributed by atoms with van der Waals surface area (Å²) in [5.41, 5.74) is 1.65. The predicted octanol–water partition coefficient (Wildman–Crippen LogP) is 3.17. The molecule has 0 aliphatic rings. The van der Waals surface area contributed by atoms with Gasteiger partial charge < -0.3 is 4.74 Å². The molecule has 20 heavy (non-hydrogen) atoms. The van der Waals surface area contributed by atoms with Crippen molar-refractivity contribution in [2.24, 2.45) is 0 Å². The first kappa shape index (κ1) is 14.0. The average Bonchev–Trinajstić information content (AvgIpc) is 2.47. The number of aromatic nitrogens is 2. The fraction of sp³-hybridized carbons (Fsp3) is 0.250. The first-order chi connectivity index (χ1) is 9.70. The summed E-state index contributed by atoms with van der Waals surface area (Å²) in [6, 6.07) is 8.26. The van der Waals surface area contributed by atoms with Crippen LogP contribution in [0.15, 0.2) is 36.7 Å². The zero-order chi connectivity index (χ0) is 14.4. The minimum absolute atomic E-state index is 0.0340. The van der Waals surface area contributed by atoms with Crippen LogP contribution in [0.5, 0.6) is 5.88 Å². The lowest BCUT2D eigenvalue weighted by atomic mass is 9.97. The summed E-state index contributed by atoms with van der Waals surface area (Å²) in [7, 11) is 0. The lowest BCUT2D eigenvalue weighted by molar-refractivity contribution is 0.353. The highest BCUT2D eigenvalue weighted by Gasteiger charge is 2.12. The molecular formula is C16H15FN2O. The van der Waals surface area contributed by atoms with Crippen molar-refractivity contribution in [3.05, 3.63) is 53.7 Å². The van der Waals surface area contributed by atoms with E-state index < -0.39 is 0 Å². The van der Waals surface area contributed by atoms with E-state index in [-0.39, 0.29) is 11.7 Å². The Balaban J connectivity index is 2.19. The van der Waals surface area contributed by atoms with Gasteiger partial charge in [0.2, 0.25) is 5.88 Å². The smallest absolute Gasteiger partial charge is 0.217 e. The molecule has 0 N–H and O–H groups in total. The molecule has 0 aliphatic carbocycles. The molecule has 0 spiro atoms. The van der Waals surface area contributed by atoms with Crippen LogP contribution in [-0.2, 0) is 0 Å². The Morgan fingerprint density at radius 2 is 2.15 bits per heavy atom. The van der Waals surface area contributed by atoms with Crippen LogP contribution >= 0.6 is 0 Å². The number of rotatable bonds is 4. The van der Waals surface area contributed by atoms with Crippen LogP contribution in [0.2, 0.25) is 0 Å². The summed E-state index contributed by atoms with van der Waals surface area (Å²) in [6.45, 7) is 4.01. The summed E-state index contributed by atoms with van der Waals surface area (Å²) < 4.78 is 18.7. The van der Waals surface area contributed by atoms with Gasteiger partial charge in [-0.1, -0.05) is 25.0 Å². The molecule has 4 heteroatoms. The topological polar surface area (TPSA) is 35.0 Å². The van der Waals surface area contributed by atoms with Gasteiger partial charge in [-0.3, -0.25) is 0 Å². The van der Waals surface area contributed by atoms with Gasteiger partial charge in [-0.15, -0.1) is 5.92 Å². The fourth-order valence-electron chi connectivity index (χ4n) is 1.80. The molecule has 102 valence electrons. The van der Waals surface area contributed by atoms with Crippen LogP contribution in [0.25, 0.3) is 0 Å². The molecule has 2 rings (SSSR count). The number of halogens is 1. The quantitative estimate of drug-likeness (QED) is 0.800. The summed E-state index contributed by atoms with van der Waals surface area (Å²) in [5, 5.41) is 0. The highest BCUT2D eigenvalue weighted by molar-refractivity contribution is 5.29. The summed E-state index contributed by atoms with van der Waals surface area (Å²) in [4.78, 5) is 8.25. The van der Waals surface area contributed by atoms with E-state index in [0.717, 1.165) is 11.3 Å². The van der Waals surface area contributed by atoms with E-state index in [1.807, 2.05) is 13.0 Å². The van der Waals surface area contributed by atoms with Gasteiger partial charge in [-0.05, 0) is 24.6 Å². The minimum atomic E-state index is -0.252. The van der Waals surface area contributed by atoms with Crippen LogP contribution in [0, 0.1) is 17.7 Å². The Morgan fingerprint density at radius 1 is 1.30 bits per heavy atom. The van der Waals surface area contributed by atoms with Gasteiger partial charge in [0.15, 0.2) is 6.61 Å². The van der Waals surface area contributed by atoms with Crippen molar-refractivity contribution in [3.63, 3.8) is 0 Å². The Kier molecular flexibility index (Phi) is 4.67.